The van der Waals surface area contributed by atoms with Gasteiger partial charge in [0.1, 0.15) is 11.0 Å². The van der Waals surface area contributed by atoms with Crippen molar-refractivity contribution in [2.45, 2.75) is 26.3 Å². The van der Waals surface area contributed by atoms with Crippen molar-refractivity contribution in [1.82, 2.24) is 14.7 Å². The highest BCUT2D eigenvalue weighted by Gasteiger charge is 2.24. The second-order valence-corrected chi connectivity index (χ2v) is 5.41. The quantitative estimate of drug-likeness (QED) is 0.380. The summed E-state index contributed by atoms with van der Waals surface area (Å²) in [4.78, 5) is 2.33. The molecule has 1 saturated heterocycles. The monoisotopic (exact) mass is 285 g/mol. The Kier molecular flexibility index (Phi) is 4.31. The Bertz CT molecular complexity index is 477. The summed E-state index contributed by atoms with van der Waals surface area (Å²) in [6, 6.07) is 0. The zero-order valence-electron chi connectivity index (χ0n) is 11.3. The number of halogens is 1. The second kappa shape index (κ2) is 5.79. The molecule has 3 N–H and O–H groups in total. The van der Waals surface area contributed by atoms with Crippen molar-refractivity contribution >= 4 is 17.4 Å². The summed E-state index contributed by atoms with van der Waals surface area (Å²) in [6.45, 7) is 4.63. The Hall–Kier alpha value is -1.27. The molecule has 1 aromatic heterocycles. The first kappa shape index (κ1) is 14.1. The van der Waals surface area contributed by atoms with Crippen molar-refractivity contribution in [1.29, 1.82) is 0 Å². The summed E-state index contributed by atoms with van der Waals surface area (Å²) < 4.78 is 1.70. The maximum absolute atomic E-state index is 8.68. The van der Waals surface area contributed by atoms with Gasteiger partial charge in [0.05, 0.1) is 5.69 Å². The first-order valence-electron chi connectivity index (χ1n) is 6.40. The molecule has 1 aromatic rings. The molecule has 2 heterocycles. The van der Waals surface area contributed by atoms with Crippen LogP contribution < -0.4 is 5.73 Å². The van der Waals surface area contributed by atoms with Crippen molar-refractivity contribution in [3.8, 4) is 0 Å². The lowest BCUT2D eigenvalue weighted by molar-refractivity contribution is 0.198. The van der Waals surface area contributed by atoms with Crippen LogP contribution in [0.25, 0.3) is 0 Å². The highest BCUT2D eigenvalue weighted by molar-refractivity contribution is 6.30. The molecule has 106 valence electrons. The largest absolute Gasteiger partial charge is 0.409 e. The highest BCUT2D eigenvalue weighted by atomic mass is 35.5. The van der Waals surface area contributed by atoms with Gasteiger partial charge < -0.3 is 10.9 Å². The number of aryl methyl sites for hydroxylation is 2. The molecule has 0 aliphatic carbocycles. The number of nitrogens with zero attached hydrogens (tertiary/aromatic N) is 4. The van der Waals surface area contributed by atoms with Crippen LogP contribution in [0.4, 0.5) is 0 Å². The van der Waals surface area contributed by atoms with E-state index in [4.69, 9.17) is 22.5 Å². The molecule has 6 nitrogen and oxygen atoms in total. The summed E-state index contributed by atoms with van der Waals surface area (Å²) >= 11 is 6.24. The Morgan fingerprint density at radius 1 is 1.53 bits per heavy atom. The van der Waals surface area contributed by atoms with Gasteiger partial charge in [-0.2, -0.15) is 5.10 Å². The van der Waals surface area contributed by atoms with Crippen LogP contribution in [0.5, 0.6) is 0 Å². The van der Waals surface area contributed by atoms with Gasteiger partial charge in [0, 0.05) is 25.1 Å². The van der Waals surface area contributed by atoms with Gasteiger partial charge in [0.25, 0.3) is 0 Å². The molecule has 7 heteroatoms. The van der Waals surface area contributed by atoms with Crippen LogP contribution in [0.3, 0.4) is 0 Å². The second-order valence-electron chi connectivity index (χ2n) is 5.05. The van der Waals surface area contributed by atoms with Crippen LogP contribution in [0.2, 0.25) is 5.15 Å². The van der Waals surface area contributed by atoms with Crippen LogP contribution in [0.1, 0.15) is 24.1 Å². The van der Waals surface area contributed by atoms with Gasteiger partial charge in [0.15, 0.2) is 0 Å². The number of piperidine rings is 1. The van der Waals surface area contributed by atoms with E-state index >= 15 is 0 Å². The lowest BCUT2D eigenvalue weighted by Crippen LogP contribution is -2.38. The van der Waals surface area contributed by atoms with Crippen LogP contribution in [-0.4, -0.2) is 38.8 Å². The predicted molar refractivity (Wildman–Crippen MR) is 74.4 cm³/mol. The van der Waals surface area contributed by atoms with E-state index in [1.54, 1.807) is 4.68 Å². The molecule has 0 atom stereocenters. The topological polar surface area (TPSA) is 79.7 Å². The molecular weight excluding hydrogens is 266 g/mol. The molecule has 0 bridgehead atoms. The van der Waals surface area contributed by atoms with Gasteiger partial charge in [-0.05, 0) is 32.9 Å². The molecule has 19 heavy (non-hydrogen) atoms. The summed E-state index contributed by atoms with van der Waals surface area (Å²) in [5.41, 5.74) is 7.71. The number of nitrogens with two attached hydrogens (primary N) is 1. The SMILES string of the molecule is Cc1nn(C)c(Cl)c1CN1CCC(C(N)=NO)CC1. The van der Waals surface area contributed by atoms with E-state index in [0.29, 0.717) is 11.0 Å². The molecule has 2 rings (SSSR count). The molecule has 0 amide bonds. The molecule has 1 aliphatic rings. The molecule has 0 spiro atoms. The minimum Gasteiger partial charge on any atom is -0.409 e. The average Bonchev–Trinajstić information content (AvgIpc) is 2.65. The Morgan fingerprint density at radius 2 is 2.16 bits per heavy atom. The highest BCUT2D eigenvalue weighted by Crippen LogP contribution is 2.24. The van der Waals surface area contributed by atoms with Crippen LogP contribution >= 0.6 is 11.6 Å². The van der Waals surface area contributed by atoms with Crippen molar-refractivity contribution in [2.75, 3.05) is 13.1 Å². The molecule has 1 aliphatic heterocycles. The normalized spacial score (nSPS) is 19.0. The fourth-order valence-corrected chi connectivity index (χ4v) is 2.78. The van der Waals surface area contributed by atoms with E-state index in [1.807, 2.05) is 14.0 Å². The summed E-state index contributed by atoms with van der Waals surface area (Å²) in [5.74, 6) is 0.530. The summed E-state index contributed by atoms with van der Waals surface area (Å²) in [7, 11) is 1.85. The Labute approximate surface area is 117 Å². The number of rotatable bonds is 3. The van der Waals surface area contributed by atoms with E-state index in [-0.39, 0.29) is 5.92 Å². The van der Waals surface area contributed by atoms with Gasteiger partial charge >= 0.3 is 0 Å². The maximum Gasteiger partial charge on any atom is 0.142 e. The number of likely N-dealkylation sites (tertiary alicyclic amines) is 1. The van der Waals surface area contributed by atoms with Gasteiger partial charge in [-0.3, -0.25) is 9.58 Å². The number of amidine groups is 1. The lowest BCUT2D eigenvalue weighted by atomic mass is 9.95. The fraction of sp³-hybridized carbons (Fsp3) is 0.667. The Balaban J connectivity index is 1.96. The minimum atomic E-state index is 0.187. The molecule has 0 aromatic carbocycles. The maximum atomic E-state index is 8.68. The third-order valence-corrected chi connectivity index (χ3v) is 4.25. The molecule has 0 radical (unpaired) electrons. The minimum absolute atomic E-state index is 0.187. The first-order valence-corrected chi connectivity index (χ1v) is 6.78. The van der Waals surface area contributed by atoms with E-state index in [2.05, 4.69) is 15.2 Å². The van der Waals surface area contributed by atoms with E-state index in [1.165, 1.54) is 0 Å². The van der Waals surface area contributed by atoms with E-state index in [0.717, 1.165) is 43.7 Å². The third kappa shape index (κ3) is 3.01. The molecule has 0 unspecified atom stereocenters. The number of hydrogen-bond donors (Lipinski definition) is 2. The zero-order chi connectivity index (χ0) is 14.0. The summed E-state index contributed by atoms with van der Waals surface area (Å²) in [6.07, 6.45) is 1.82. The van der Waals surface area contributed by atoms with Gasteiger partial charge in [-0.25, -0.2) is 0 Å². The third-order valence-electron chi connectivity index (χ3n) is 3.77. The Morgan fingerprint density at radius 3 is 2.63 bits per heavy atom. The van der Waals surface area contributed by atoms with Gasteiger partial charge in [-0.1, -0.05) is 16.8 Å². The molecule has 0 saturated carbocycles. The zero-order valence-corrected chi connectivity index (χ0v) is 12.1. The van der Waals surface area contributed by atoms with Crippen molar-refractivity contribution in [3.05, 3.63) is 16.4 Å². The number of hydrogen-bond acceptors (Lipinski definition) is 4. The van der Waals surface area contributed by atoms with Crippen molar-refractivity contribution in [3.63, 3.8) is 0 Å². The number of aromatic nitrogens is 2. The predicted octanol–water partition coefficient (Wildman–Crippen LogP) is 1.34. The van der Waals surface area contributed by atoms with Crippen molar-refractivity contribution in [2.24, 2.45) is 23.9 Å². The standard InChI is InChI=1S/C12H20ClN5O/c1-8-10(11(13)17(2)15-8)7-18-5-3-9(4-6-18)12(14)16-19/h9,19H,3-7H2,1-2H3,(H2,14,16). The fourth-order valence-electron chi connectivity index (χ4n) is 2.55. The van der Waals surface area contributed by atoms with Gasteiger partial charge in [0.2, 0.25) is 0 Å². The van der Waals surface area contributed by atoms with Crippen molar-refractivity contribution < 1.29 is 5.21 Å². The summed E-state index contributed by atoms with van der Waals surface area (Å²) in [5, 5.41) is 16.8. The van der Waals surface area contributed by atoms with E-state index < -0.39 is 0 Å². The number of oxime groups is 1. The van der Waals surface area contributed by atoms with E-state index in [9.17, 15) is 0 Å². The molecule has 1 fully saturated rings. The molecular formula is C12H20ClN5O. The first-order chi connectivity index (χ1) is 9.02. The average molecular weight is 286 g/mol. The van der Waals surface area contributed by atoms with Crippen LogP contribution in [0, 0.1) is 12.8 Å². The van der Waals surface area contributed by atoms with Gasteiger partial charge in [-0.15, -0.1) is 0 Å². The lowest BCUT2D eigenvalue weighted by Gasteiger charge is -2.31. The smallest absolute Gasteiger partial charge is 0.142 e. The van der Waals surface area contributed by atoms with Crippen LogP contribution in [0.15, 0.2) is 5.16 Å². The van der Waals surface area contributed by atoms with Crippen LogP contribution in [-0.2, 0) is 13.6 Å².